The number of carboxylic acids is 1. The summed E-state index contributed by atoms with van der Waals surface area (Å²) in [5.41, 5.74) is 1.02. The summed E-state index contributed by atoms with van der Waals surface area (Å²) >= 11 is 0. The van der Waals surface area contributed by atoms with E-state index in [9.17, 15) is 14.4 Å². The van der Waals surface area contributed by atoms with Crippen LogP contribution in [0.1, 0.15) is 60.7 Å². The van der Waals surface area contributed by atoms with Crippen molar-refractivity contribution in [1.29, 1.82) is 0 Å². The fourth-order valence-corrected chi connectivity index (χ4v) is 3.80. The van der Waals surface area contributed by atoms with Gasteiger partial charge in [-0.05, 0) is 54.4 Å². The maximum atomic E-state index is 12.7. The maximum absolute atomic E-state index is 12.7. The molecule has 1 spiro atoms. The summed E-state index contributed by atoms with van der Waals surface area (Å²) < 4.78 is 0. The van der Waals surface area contributed by atoms with E-state index in [1.165, 1.54) is 0 Å². The number of likely N-dealkylation sites (tertiary alicyclic amines) is 1. The molecule has 1 aromatic carbocycles. The first kappa shape index (κ1) is 19.4. The van der Waals surface area contributed by atoms with Crippen LogP contribution in [-0.4, -0.2) is 47.4 Å². The first-order valence-electron chi connectivity index (χ1n) is 9.52. The Bertz CT molecular complexity index is 740. The van der Waals surface area contributed by atoms with Crippen molar-refractivity contribution < 1.29 is 19.5 Å². The number of piperidine rings is 1. The molecule has 1 aliphatic heterocycles. The summed E-state index contributed by atoms with van der Waals surface area (Å²) in [4.78, 5) is 37.8. The molecular weight excluding hydrogens is 344 g/mol. The third-order valence-electron chi connectivity index (χ3n) is 5.71. The highest BCUT2D eigenvalue weighted by Gasteiger charge is 2.59. The number of carboxylic acid groups (broad SMARTS) is 1. The minimum absolute atomic E-state index is 0.0123. The molecule has 1 aromatic rings. The van der Waals surface area contributed by atoms with Gasteiger partial charge in [0.15, 0.2) is 0 Å². The van der Waals surface area contributed by atoms with Crippen molar-refractivity contribution >= 4 is 17.8 Å². The minimum atomic E-state index is -0.713. The van der Waals surface area contributed by atoms with Gasteiger partial charge in [-0.1, -0.05) is 20.8 Å². The van der Waals surface area contributed by atoms with Gasteiger partial charge < -0.3 is 15.3 Å². The lowest BCUT2D eigenvalue weighted by Crippen LogP contribution is -2.40. The molecule has 1 saturated carbocycles. The summed E-state index contributed by atoms with van der Waals surface area (Å²) in [6, 6.07) is 6.74. The van der Waals surface area contributed by atoms with Gasteiger partial charge in [0, 0.05) is 30.8 Å². The van der Waals surface area contributed by atoms with E-state index in [1.807, 2.05) is 0 Å². The van der Waals surface area contributed by atoms with Crippen LogP contribution in [0, 0.1) is 16.7 Å². The molecule has 146 valence electrons. The van der Waals surface area contributed by atoms with E-state index in [1.54, 1.807) is 29.2 Å². The van der Waals surface area contributed by atoms with Crippen LogP contribution in [0.3, 0.4) is 0 Å². The second-order valence-electron chi connectivity index (χ2n) is 9.07. The Labute approximate surface area is 159 Å². The zero-order chi connectivity index (χ0) is 19.8. The van der Waals surface area contributed by atoms with Gasteiger partial charge in [-0.15, -0.1) is 0 Å². The van der Waals surface area contributed by atoms with Crippen molar-refractivity contribution in [3.05, 3.63) is 35.4 Å². The Kier molecular flexibility index (Phi) is 5.02. The molecule has 1 atom stereocenters. The van der Waals surface area contributed by atoms with Gasteiger partial charge >= 0.3 is 5.97 Å². The first-order valence-corrected chi connectivity index (χ1v) is 9.52. The lowest BCUT2D eigenvalue weighted by Gasteiger charge is -2.32. The van der Waals surface area contributed by atoms with Crippen molar-refractivity contribution in [3.8, 4) is 0 Å². The van der Waals surface area contributed by atoms with Gasteiger partial charge in [0.2, 0.25) is 0 Å². The average Bonchev–Trinajstić information content (AvgIpc) is 3.33. The number of carbonyl (C=O) groups excluding carboxylic acids is 2. The van der Waals surface area contributed by atoms with E-state index in [0.717, 1.165) is 19.3 Å². The number of aliphatic carboxylic acids is 1. The van der Waals surface area contributed by atoms with E-state index in [-0.39, 0.29) is 28.6 Å². The molecule has 0 radical (unpaired) electrons. The van der Waals surface area contributed by atoms with Crippen LogP contribution >= 0.6 is 0 Å². The second-order valence-corrected chi connectivity index (χ2v) is 9.07. The average molecular weight is 372 g/mol. The maximum Gasteiger partial charge on any atom is 0.307 e. The number of hydrogen-bond donors (Lipinski definition) is 2. The SMILES string of the molecule is CC(C)(C)CNC(=O)c1ccc(C(=O)N2CCC3(CC2)CC3C(=O)O)cc1. The molecule has 2 amide bonds. The Morgan fingerprint density at radius 2 is 1.67 bits per heavy atom. The topological polar surface area (TPSA) is 86.7 Å². The molecule has 1 saturated heterocycles. The van der Waals surface area contributed by atoms with Gasteiger partial charge in [0.1, 0.15) is 0 Å². The second kappa shape index (κ2) is 6.98. The van der Waals surface area contributed by atoms with Crippen LogP contribution in [-0.2, 0) is 4.79 Å². The van der Waals surface area contributed by atoms with Crippen molar-refractivity contribution in [2.24, 2.45) is 16.7 Å². The van der Waals surface area contributed by atoms with Crippen molar-refractivity contribution in [2.75, 3.05) is 19.6 Å². The zero-order valence-electron chi connectivity index (χ0n) is 16.2. The Morgan fingerprint density at radius 1 is 1.11 bits per heavy atom. The molecule has 27 heavy (non-hydrogen) atoms. The third kappa shape index (κ3) is 4.31. The van der Waals surface area contributed by atoms with Crippen molar-refractivity contribution in [3.63, 3.8) is 0 Å². The minimum Gasteiger partial charge on any atom is -0.481 e. The molecule has 3 rings (SSSR count). The van der Waals surface area contributed by atoms with Gasteiger partial charge in [0.25, 0.3) is 11.8 Å². The number of benzene rings is 1. The fourth-order valence-electron chi connectivity index (χ4n) is 3.80. The number of amides is 2. The first-order chi connectivity index (χ1) is 12.6. The van der Waals surface area contributed by atoms with Crippen LogP contribution in [0.5, 0.6) is 0 Å². The van der Waals surface area contributed by atoms with Crippen molar-refractivity contribution in [2.45, 2.75) is 40.0 Å². The lowest BCUT2D eigenvalue weighted by molar-refractivity contribution is -0.139. The van der Waals surface area contributed by atoms with Gasteiger partial charge in [-0.3, -0.25) is 14.4 Å². The Morgan fingerprint density at radius 3 is 2.15 bits per heavy atom. The summed E-state index contributed by atoms with van der Waals surface area (Å²) in [5, 5.41) is 12.1. The molecule has 1 aliphatic carbocycles. The number of nitrogens with one attached hydrogen (secondary N) is 1. The van der Waals surface area contributed by atoms with Crippen LogP contribution in [0.25, 0.3) is 0 Å². The number of nitrogens with zero attached hydrogens (tertiary/aromatic N) is 1. The summed E-state index contributed by atoms with van der Waals surface area (Å²) in [6.45, 7) is 7.93. The highest BCUT2D eigenvalue weighted by Crippen LogP contribution is 2.59. The largest absolute Gasteiger partial charge is 0.481 e. The summed E-state index contributed by atoms with van der Waals surface area (Å²) in [6.07, 6.45) is 2.24. The standard InChI is InChI=1S/C21H28N2O4/c1-20(2,3)13-22-17(24)14-4-6-15(7-5-14)18(25)23-10-8-21(9-11-23)12-16(21)19(26)27/h4-7,16H,8-13H2,1-3H3,(H,22,24)(H,26,27). The quantitative estimate of drug-likeness (QED) is 0.851. The summed E-state index contributed by atoms with van der Waals surface area (Å²) in [7, 11) is 0. The number of carbonyl (C=O) groups is 3. The van der Waals surface area contributed by atoms with E-state index < -0.39 is 5.97 Å². The van der Waals surface area contributed by atoms with Crippen LogP contribution in [0.15, 0.2) is 24.3 Å². The van der Waals surface area contributed by atoms with E-state index in [4.69, 9.17) is 5.11 Å². The normalized spacial score (nSPS) is 21.0. The Hall–Kier alpha value is -2.37. The Balaban J connectivity index is 1.55. The molecule has 0 bridgehead atoms. The van der Waals surface area contributed by atoms with Crippen LogP contribution in [0.4, 0.5) is 0 Å². The molecule has 2 fully saturated rings. The monoisotopic (exact) mass is 372 g/mol. The molecule has 1 unspecified atom stereocenters. The van der Waals surface area contributed by atoms with Crippen LogP contribution in [0.2, 0.25) is 0 Å². The zero-order valence-corrected chi connectivity index (χ0v) is 16.2. The molecule has 0 aromatic heterocycles. The number of hydrogen-bond acceptors (Lipinski definition) is 3. The third-order valence-corrected chi connectivity index (χ3v) is 5.71. The smallest absolute Gasteiger partial charge is 0.307 e. The number of rotatable bonds is 4. The molecule has 6 nitrogen and oxygen atoms in total. The highest BCUT2D eigenvalue weighted by molar-refractivity contribution is 5.97. The van der Waals surface area contributed by atoms with Gasteiger partial charge in [-0.25, -0.2) is 0 Å². The van der Waals surface area contributed by atoms with E-state index in [2.05, 4.69) is 26.1 Å². The molecular formula is C21H28N2O4. The van der Waals surface area contributed by atoms with Gasteiger partial charge in [0.05, 0.1) is 5.92 Å². The van der Waals surface area contributed by atoms with Crippen molar-refractivity contribution in [1.82, 2.24) is 10.2 Å². The summed E-state index contributed by atoms with van der Waals surface area (Å²) in [5.74, 6) is -1.15. The van der Waals surface area contributed by atoms with E-state index >= 15 is 0 Å². The molecule has 2 N–H and O–H groups in total. The highest BCUT2D eigenvalue weighted by atomic mass is 16.4. The molecule has 6 heteroatoms. The predicted molar refractivity (Wildman–Crippen MR) is 102 cm³/mol. The van der Waals surface area contributed by atoms with Gasteiger partial charge in [-0.2, -0.15) is 0 Å². The lowest BCUT2D eigenvalue weighted by atomic mass is 9.90. The molecule has 1 heterocycles. The van der Waals surface area contributed by atoms with Crippen LogP contribution < -0.4 is 5.32 Å². The predicted octanol–water partition coefficient (Wildman–Crippen LogP) is 2.79. The molecule has 2 aliphatic rings. The van der Waals surface area contributed by atoms with E-state index in [0.29, 0.717) is 30.8 Å². The fraction of sp³-hybridized carbons (Fsp3) is 0.571.